The van der Waals surface area contributed by atoms with Crippen LogP contribution in [0.25, 0.3) is 0 Å². The lowest BCUT2D eigenvalue weighted by Gasteiger charge is -2.32. The van der Waals surface area contributed by atoms with Crippen molar-refractivity contribution >= 4 is 0 Å². The first-order valence-corrected chi connectivity index (χ1v) is 12.0. The van der Waals surface area contributed by atoms with Gasteiger partial charge in [-0.2, -0.15) is 5.26 Å². The highest BCUT2D eigenvalue weighted by atomic mass is 16.5. The maximum absolute atomic E-state index is 10.2. The second-order valence-corrected chi connectivity index (χ2v) is 9.27. The number of rotatable bonds is 7. The Bertz CT molecular complexity index is 1180. The van der Waals surface area contributed by atoms with Crippen molar-refractivity contribution in [2.45, 2.75) is 50.1 Å². The van der Waals surface area contributed by atoms with E-state index in [1.54, 1.807) is 6.07 Å². The van der Waals surface area contributed by atoms with E-state index in [1.165, 1.54) is 5.56 Å². The summed E-state index contributed by atoms with van der Waals surface area (Å²) in [6.07, 6.45) is 1.18. The molecule has 5 rings (SSSR count). The predicted molar refractivity (Wildman–Crippen MR) is 130 cm³/mol. The smallest absolute Gasteiger partial charge is 0.137 e. The molecule has 180 valence electrons. The number of para-hydroxylation sites is 1. The molecule has 3 aromatic carbocycles. The van der Waals surface area contributed by atoms with Crippen LogP contribution in [0.4, 0.5) is 0 Å². The number of nitrogens with zero attached hydrogens (tertiary/aromatic N) is 1. The average Bonchev–Trinajstić information content (AvgIpc) is 3.31. The molecule has 6 heteroatoms. The summed E-state index contributed by atoms with van der Waals surface area (Å²) in [5, 5.41) is 29.3. The van der Waals surface area contributed by atoms with E-state index in [4.69, 9.17) is 14.2 Å². The number of hydrogen-bond donors (Lipinski definition) is 2. The molecule has 2 aliphatic heterocycles. The van der Waals surface area contributed by atoms with Gasteiger partial charge in [-0.1, -0.05) is 42.5 Å². The van der Waals surface area contributed by atoms with Crippen LogP contribution in [0.1, 0.15) is 46.8 Å². The number of aliphatic hydroxyl groups is 2. The predicted octanol–water partition coefficient (Wildman–Crippen LogP) is 4.10. The quantitative estimate of drug-likeness (QED) is 0.539. The second-order valence-electron chi connectivity index (χ2n) is 9.27. The summed E-state index contributed by atoms with van der Waals surface area (Å²) in [4.78, 5) is 0. The molecule has 0 spiro atoms. The van der Waals surface area contributed by atoms with E-state index < -0.39 is 6.10 Å². The van der Waals surface area contributed by atoms with E-state index in [0.29, 0.717) is 31.4 Å². The van der Waals surface area contributed by atoms with Gasteiger partial charge in [0.05, 0.1) is 36.6 Å². The van der Waals surface area contributed by atoms with Crippen molar-refractivity contribution in [3.63, 3.8) is 0 Å². The minimum absolute atomic E-state index is 0.0129. The lowest BCUT2D eigenvalue weighted by atomic mass is 9.92. The van der Waals surface area contributed by atoms with Gasteiger partial charge < -0.3 is 24.4 Å². The molecule has 0 amide bonds. The first-order valence-electron chi connectivity index (χ1n) is 12.0. The number of aliphatic hydroxyl groups excluding tert-OH is 2. The van der Waals surface area contributed by atoms with Crippen molar-refractivity contribution in [3.8, 4) is 17.6 Å². The molecule has 3 aromatic rings. The number of fused-ring (bicyclic) bond motifs is 1. The van der Waals surface area contributed by atoms with Crippen molar-refractivity contribution in [2.75, 3.05) is 13.2 Å². The van der Waals surface area contributed by atoms with Gasteiger partial charge in [-0.3, -0.25) is 0 Å². The maximum Gasteiger partial charge on any atom is 0.137 e. The second kappa shape index (κ2) is 10.5. The molecular weight excluding hydrogens is 442 g/mol. The summed E-state index contributed by atoms with van der Waals surface area (Å²) in [5.74, 6) is 1.72. The summed E-state index contributed by atoms with van der Waals surface area (Å²) in [5.41, 5.74) is 4.70. The van der Waals surface area contributed by atoms with Gasteiger partial charge in [0.2, 0.25) is 0 Å². The molecule has 1 saturated heterocycles. The fourth-order valence-corrected chi connectivity index (χ4v) is 4.85. The van der Waals surface area contributed by atoms with Crippen LogP contribution in [-0.4, -0.2) is 41.7 Å². The van der Waals surface area contributed by atoms with Crippen molar-refractivity contribution in [1.29, 1.82) is 5.26 Å². The monoisotopic (exact) mass is 471 g/mol. The van der Waals surface area contributed by atoms with Crippen molar-refractivity contribution in [2.24, 2.45) is 0 Å². The van der Waals surface area contributed by atoms with Crippen LogP contribution < -0.4 is 9.47 Å². The normalized spacial score (nSPS) is 23.2. The largest absolute Gasteiger partial charge is 0.490 e. The molecular formula is C29H29NO5. The average molecular weight is 472 g/mol. The van der Waals surface area contributed by atoms with Gasteiger partial charge in [-0.25, -0.2) is 0 Å². The first-order chi connectivity index (χ1) is 17.1. The Morgan fingerprint density at radius 3 is 2.60 bits per heavy atom. The number of hydrogen-bond acceptors (Lipinski definition) is 6. The summed E-state index contributed by atoms with van der Waals surface area (Å²) in [7, 11) is 0. The zero-order valence-corrected chi connectivity index (χ0v) is 19.5. The fraction of sp³-hybridized carbons (Fsp3) is 0.345. The van der Waals surface area contributed by atoms with E-state index in [0.717, 1.165) is 34.6 Å². The molecule has 0 saturated carbocycles. The molecule has 0 radical (unpaired) electrons. The Morgan fingerprint density at radius 2 is 1.83 bits per heavy atom. The van der Waals surface area contributed by atoms with Crippen molar-refractivity contribution < 1.29 is 24.4 Å². The van der Waals surface area contributed by atoms with Gasteiger partial charge in [-0.15, -0.1) is 0 Å². The lowest BCUT2D eigenvalue weighted by Crippen LogP contribution is -2.33. The maximum atomic E-state index is 10.2. The highest BCUT2D eigenvalue weighted by molar-refractivity contribution is 5.44. The molecule has 0 bridgehead atoms. The SMILES string of the molecule is N#Cc1ccc(C2CC(O)CC(CO)O2)cc1Cc1ccc(OCC2Cc3ccccc3O2)cc1. The molecule has 0 aromatic heterocycles. The molecule has 4 atom stereocenters. The van der Waals surface area contributed by atoms with Gasteiger partial charge in [0.25, 0.3) is 0 Å². The molecule has 6 nitrogen and oxygen atoms in total. The van der Waals surface area contributed by atoms with Gasteiger partial charge >= 0.3 is 0 Å². The van der Waals surface area contributed by atoms with Gasteiger partial charge in [-0.05, 0) is 52.9 Å². The third-order valence-electron chi connectivity index (χ3n) is 6.67. The molecule has 4 unspecified atom stereocenters. The Hall–Kier alpha value is -3.37. The molecule has 0 aliphatic carbocycles. The third kappa shape index (κ3) is 5.49. The number of nitriles is 1. The standard InChI is InChI=1S/C29H29NO5/c30-16-22-8-7-21(29-15-24(32)14-26(17-31)34-29)12-23(22)11-19-5-9-25(10-6-19)33-18-27-13-20-3-1-2-4-28(20)35-27/h1-10,12,24,26-27,29,31-32H,11,13-15,17-18H2. The molecule has 1 fully saturated rings. The van der Waals surface area contributed by atoms with Crippen molar-refractivity contribution in [1.82, 2.24) is 0 Å². The lowest BCUT2D eigenvalue weighted by molar-refractivity contribution is -0.113. The minimum atomic E-state index is -0.513. The zero-order valence-electron chi connectivity index (χ0n) is 19.5. The van der Waals surface area contributed by atoms with E-state index >= 15 is 0 Å². The van der Waals surface area contributed by atoms with E-state index in [9.17, 15) is 15.5 Å². The summed E-state index contributed by atoms with van der Waals surface area (Å²) in [6, 6.07) is 23.9. The van der Waals surface area contributed by atoms with Gasteiger partial charge in [0, 0.05) is 19.3 Å². The van der Waals surface area contributed by atoms with Crippen LogP contribution in [0.3, 0.4) is 0 Å². The van der Waals surface area contributed by atoms with Crippen LogP contribution in [-0.2, 0) is 17.6 Å². The third-order valence-corrected chi connectivity index (χ3v) is 6.67. The highest BCUT2D eigenvalue weighted by Gasteiger charge is 2.29. The van der Waals surface area contributed by atoms with E-state index in [2.05, 4.69) is 12.1 Å². The van der Waals surface area contributed by atoms with Crippen LogP contribution in [0, 0.1) is 11.3 Å². The Labute approximate surface area is 205 Å². The zero-order chi connectivity index (χ0) is 24.2. The Balaban J connectivity index is 1.23. The Morgan fingerprint density at radius 1 is 1.00 bits per heavy atom. The number of benzene rings is 3. The van der Waals surface area contributed by atoms with Crippen molar-refractivity contribution in [3.05, 3.63) is 94.5 Å². The van der Waals surface area contributed by atoms with Gasteiger partial charge in [0.1, 0.15) is 24.2 Å². The first kappa shape index (κ1) is 23.4. The van der Waals surface area contributed by atoms with E-state index in [-0.39, 0.29) is 24.9 Å². The van der Waals surface area contributed by atoms with Crippen LogP contribution in [0.15, 0.2) is 66.7 Å². The van der Waals surface area contributed by atoms with Crippen LogP contribution >= 0.6 is 0 Å². The Kier molecular flexibility index (Phi) is 7.01. The molecule has 35 heavy (non-hydrogen) atoms. The fourth-order valence-electron chi connectivity index (χ4n) is 4.85. The summed E-state index contributed by atoms with van der Waals surface area (Å²) < 4.78 is 17.9. The van der Waals surface area contributed by atoms with Gasteiger partial charge in [0.15, 0.2) is 0 Å². The number of ether oxygens (including phenoxy) is 3. The minimum Gasteiger partial charge on any atom is -0.490 e. The molecule has 2 aliphatic rings. The summed E-state index contributed by atoms with van der Waals surface area (Å²) in [6.45, 7) is 0.363. The van der Waals surface area contributed by atoms with Crippen LogP contribution in [0.5, 0.6) is 11.5 Å². The highest BCUT2D eigenvalue weighted by Crippen LogP contribution is 2.33. The van der Waals surface area contributed by atoms with Crippen LogP contribution in [0.2, 0.25) is 0 Å². The van der Waals surface area contributed by atoms with E-state index in [1.807, 2.05) is 54.6 Å². The molecule has 2 N–H and O–H groups in total. The molecule has 2 heterocycles. The topological polar surface area (TPSA) is 91.9 Å². The summed E-state index contributed by atoms with van der Waals surface area (Å²) >= 11 is 0.